The van der Waals surface area contributed by atoms with Crippen LogP contribution in [-0.4, -0.2) is 17.7 Å². The van der Waals surface area contributed by atoms with Gasteiger partial charge in [-0.3, -0.25) is 4.57 Å². The number of rotatable bonds is 7. The second-order valence-electron chi connectivity index (χ2n) is 6.82. The van der Waals surface area contributed by atoms with E-state index in [0.717, 1.165) is 22.5 Å². The normalized spacial score (nSPS) is 13.2. The van der Waals surface area contributed by atoms with Crippen LogP contribution in [0.3, 0.4) is 0 Å². The van der Waals surface area contributed by atoms with Gasteiger partial charge in [0.15, 0.2) is 0 Å². The van der Waals surface area contributed by atoms with Crippen LogP contribution in [0.15, 0.2) is 48.5 Å². The number of hydrogen-bond donors (Lipinski definition) is 1. The van der Waals surface area contributed by atoms with Crippen LogP contribution in [0, 0.1) is 19.7 Å². The zero-order valence-electron chi connectivity index (χ0n) is 16.4. The molecule has 7 heteroatoms. The summed E-state index contributed by atoms with van der Waals surface area (Å²) in [4.78, 5) is 12.6. The molecule has 3 rings (SSSR count). The molecule has 0 aliphatic heterocycles. The van der Waals surface area contributed by atoms with Gasteiger partial charge in [-0.25, -0.2) is 9.18 Å². The predicted octanol–water partition coefficient (Wildman–Crippen LogP) is 6.01. The van der Waals surface area contributed by atoms with Crippen molar-refractivity contribution in [1.29, 1.82) is 0 Å². The Morgan fingerprint density at radius 1 is 1.14 bits per heavy atom. The Labute approximate surface area is 173 Å². The van der Waals surface area contributed by atoms with Crippen molar-refractivity contribution in [3.63, 3.8) is 0 Å². The first-order chi connectivity index (χ1) is 13.7. The van der Waals surface area contributed by atoms with Crippen LogP contribution < -0.4 is 5.30 Å². The largest absolute Gasteiger partial charge is 0.477 e. The lowest BCUT2D eigenvalue weighted by Gasteiger charge is -2.20. The van der Waals surface area contributed by atoms with Crippen molar-refractivity contribution in [1.82, 2.24) is 0 Å². The monoisotopic (exact) mass is 432 g/mol. The molecule has 0 amide bonds. The Hall–Kier alpha value is -2.27. The summed E-state index contributed by atoms with van der Waals surface area (Å²) >= 11 is 1.09. The zero-order valence-corrected chi connectivity index (χ0v) is 18.1. The molecule has 0 saturated heterocycles. The maximum Gasteiger partial charge on any atom is 0.346 e. The van der Waals surface area contributed by atoms with Crippen molar-refractivity contribution in [2.24, 2.45) is 0 Å². The minimum Gasteiger partial charge on any atom is -0.477 e. The smallest absolute Gasteiger partial charge is 0.346 e. The average Bonchev–Trinajstić information content (AvgIpc) is 3.06. The van der Waals surface area contributed by atoms with Crippen LogP contribution >= 0.6 is 18.7 Å². The molecule has 3 aromatic rings. The van der Waals surface area contributed by atoms with Gasteiger partial charge >= 0.3 is 5.97 Å². The SMILES string of the molecule is CCOP(=O)(Cc1cc(-c2ccc(F)cc2)sc1C(=O)O)c1ccc(C)cc1C. The number of carboxylic acids is 1. The molecule has 0 aliphatic carbocycles. The molecule has 0 aliphatic rings. The van der Waals surface area contributed by atoms with E-state index in [-0.39, 0.29) is 23.5 Å². The maximum atomic E-state index is 13.8. The van der Waals surface area contributed by atoms with Gasteiger partial charge in [0.05, 0.1) is 12.8 Å². The number of halogens is 1. The van der Waals surface area contributed by atoms with E-state index >= 15 is 0 Å². The number of aryl methyl sites for hydroxylation is 2. The number of hydrogen-bond acceptors (Lipinski definition) is 4. The van der Waals surface area contributed by atoms with Crippen LogP contribution in [0.1, 0.15) is 33.3 Å². The first kappa shape index (κ1) is 21.4. The summed E-state index contributed by atoms with van der Waals surface area (Å²) in [7, 11) is -3.32. The van der Waals surface area contributed by atoms with Gasteiger partial charge in [0.2, 0.25) is 7.37 Å². The van der Waals surface area contributed by atoms with Crippen LogP contribution in [-0.2, 0) is 15.3 Å². The Kier molecular flexibility index (Phi) is 6.37. The Balaban J connectivity index is 2.06. The molecule has 1 atom stereocenters. The summed E-state index contributed by atoms with van der Waals surface area (Å²) < 4.78 is 32.8. The molecule has 2 aromatic carbocycles. The molecule has 1 aromatic heterocycles. The highest BCUT2D eigenvalue weighted by Gasteiger charge is 2.31. The fraction of sp³-hybridized carbons (Fsp3) is 0.227. The second kappa shape index (κ2) is 8.62. The Morgan fingerprint density at radius 3 is 2.41 bits per heavy atom. The number of benzene rings is 2. The molecular weight excluding hydrogens is 410 g/mol. The summed E-state index contributed by atoms with van der Waals surface area (Å²) in [5.41, 5.74) is 3.07. The van der Waals surface area contributed by atoms with Crippen molar-refractivity contribution in [3.05, 3.63) is 75.9 Å². The lowest BCUT2D eigenvalue weighted by atomic mass is 10.1. The highest BCUT2D eigenvalue weighted by Crippen LogP contribution is 2.51. The minimum absolute atomic E-state index is 0.00985. The average molecular weight is 432 g/mol. The summed E-state index contributed by atoms with van der Waals surface area (Å²) in [6.45, 7) is 5.86. The first-order valence-corrected chi connectivity index (χ1v) is 11.8. The molecular formula is C22H22FO4PS. The number of carbonyl (C=O) groups is 1. The van der Waals surface area contributed by atoms with Gasteiger partial charge in [0, 0.05) is 10.2 Å². The highest BCUT2D eigenvalue weighted by atomic mass is 32.1. The van der Waals surface area contributed by atoms with Crippen LogP contribution in [0.5, 0.6) is 0 Å². The maximum absolute atomic E-state index is 13.8. The van der Waals surface area contributed by atoms with Crippen molar-refractivity contribution in [3.8, 4) is 10.4 Å². The topological polar surface area (TPSA) is 63.6 Å². The van der Waals surface area contributed by atoms with Gasteiger partial charge in [-0.05, 0) is 61.7 Å². The fourth-order valence-electron chi connectivity index (χ4n) is 3.30. The molecule has 4 nitrogen and oxygen atoms in total. The number of thiophene rings is 1. The lowest BCUT2D eigenvalue weighted by Crippen LogP contribution is -2.14. The molecule has 1 N–H and O–H groups in total. The van der Waals surface area contributed by atoms with E-state index in [1.165, 1.54) is 12.1 Å². The second-order valence-corrected chi connectivity index (χ2v) is 10.3. The molecule has 0 fully saturated rings. The van der Waals surface area contributed by atoms with Gasteiger partial charge < -0.3 is 9.63 Å². The molecule has 0 spiro atoms. The van der Waals surface area contributed by atoms with Crippen molar-refractivity contribution in [2.75, 3.05) is 6.61 Å². The van der Waals surface area contributed by atoms with Crippen LogP contribution in [0.4, 0.5) is 4.39 Å². The summed E-state index contributed by atoms with van der Waals surface area (Å²) in [6, 6.07) is 13.2. The van der Waals surface area contributed by atoms with Gasteiger partial charge in [-0.15, -0.1) is 11.3 Å². The fourth-order valence-corrected chi connectivity index (χ4v) is 6.86. The zero-order chi connectivity index (χ0) is 21.2. The summed E-state index contributed by atoms with van der Waals surface area (Å²) in [6.07, 6.45) is -0.00985. The van der Waals surface area contributed by atoms with Crippen molar-refractivity contribution < 1.29 is 23.4 Å². The first-order valence-electron chi connectivity index (χ1n) is 9.17. The highest BCUT2D eigenvalue weighted by molar-refractivity contribution is 7.66. The molecule has 1 heterocycles. The molecule has 29 heavy (non-hydrogen) atoms. The van der Waals surface area contributed by atoms with E-state index in [0.29, 0.717) is 21.3 Å². The van der Waals surface area contributed by atoms with Crippen LogP contribution in [0.25, 0.3) is 10.4 Å². The van der Waals surface area contributed by atoms with Crippen LogP contribution in [0.2, 0.25) is 0 Å². The van der Waals surface area contributed by atoms with E-state index in [1.807, 2.05) is 26.0 Å². The summed E-state index contributed by atoms with van der Waals surface area (Å²) in [5.74, 6) is -1.44. The van der Waals surface area contributed by atoms with E-state index in [9.17, 15) is 18.9 Å². The third kappa shape index (κ3) is 4.67. The quantitative estimate of drug-likeness (QED) is 0.465. The Bertz CT molecular complexity index is 1090. The van der Waals surface area contributed by atoms with Crippen molar-refractivity contribution in [2.45, 2.75) is 26.9 Å². The third-order valence-corrected chi connectivity index (χ3v) is 8.45. The lowest BCUT2D eigenvalue weighted by molar-refractivity contribution is 0.0701. The minimum atomic E-state index is -3.32. The van der Waals surface area contributed by atoms with Gasteiger partial charge in [0.1, 0.15) is 10.7 Å². The molecule has 0 bridgehead atoms. The molecule has 0 radical (unpaired) electrons. The molecule has 1 unspecified atom stereocenters. The molecule has 0 saturated carbocycles. The number of carboxylic acid groups (broad SMARTS) is 1. The summed E-state index contributed by atoms with van der Waals surface area (Å²) in [5, 5.41) is 10.3. The van der Waals surface area contributed by atoms with Gasteiger partial charge in [-0.1, -0.05) is 29.8 Å². The standard InChI is InChI=1S/C22H22FO4PS/c1-4-27-28(26,19-10-5-14(2)11-15(19)3)13-17-12-20(29-21(17)22(24)25)16-6-8-18(23)9-7-16/h5-12H,4,13H2,1-3H3,(H,24,25). The third-order valence-electron chi connectivity index (χ3n) is 4.57. The van der Waals surface area contributed by atoms with E-state index in [4.69, 9.17) is 4.52 Å². The van der Waals surface area contributed by atoms with E-state index in [2.05, 4.69) is 0 Å². The Morgan fingerprint density at radius 2 is 1.83 bits per heavy atom. The van der Waals surface area contributed by atoms with Gasteiger partial charge in [0.25, 0.3) is 0 Å². The van der Waals surface area contributed by atoms with E-state index < -0.39 is 13.3 Å². The predicted molar refractivity (Wildman–Crippen MR) is 115 cm³/mol. The van der Waals surface area contributed by atoms with Crippen molar-refractivity contribution >= 4 is 30.0 Å². The van der Waals surface area contributed by atoms with E-state index in [1.54, 1.807) is 31.2 Å². The molecule has 152 valence electrons. The number of aromatic carboxylic acids is 1. The van der Waals surface area contributed by atoms with Gasteiger partial charge in [-0.2, -0.15) is 0 Å².